The van der Waals surface area contributed by atoms with Crippen LogP contribution in [-0.2, 0) is 14.8 Å². The van der Waals surface area contributed by atoms with Crippen molar-refractivity contribution < 1.29 is 26.4 Å². The molecule has 0 saturated heterocycles. The van der Waals surface area contributed by atoms with E-state index < -0.39 is 26.8 Å². The molecule has 0 atom stereocenters. The predicted molar refractivity (Wildman–Crippen MR) is 102 cm³/mol. The lowest BCUT2D eigenvalue weighted by Crippen LogP contribution is -2.16. The number of benzene rings is 1. The Morgan fingerprint density at radius 1 is 1.14 bits per heavy atom. The van der Waals surface area contributed by atoms with Crippen LogP contribution in [0.4, 0.5) is 24.0 Å². The highest BCUT2D eigenvalue weighted by molar-refractivity contribution is 7.92. The minimum absolute atomic E-state index is 0.0444. The van der Waals surface area contributed by atoms with Gasteiger partial charge in [-0.2, -0.15) is 12.8 Å². The summed E-state index contributed by atoms with van der Waals surface area (Å²) in [4.78, 5) is 18.7. The van der Waals surface area contributed by atoms with Gasteiger partial charge in [-0.15, -0.1) is 0 Å². The summed E-state index contributed by atoms with van der Waals surface area (Å²) in [6.45, 7) is 2.77. The number of aromatic nitrogens is 2. The van der Waals surface area contributed by atoms with Gasteiger partial charge in [0.2, 0.25) is 11.0 Å². The van der Waals surface area contributed by atoms with Crippen LogP contribution < -0.4 is 10.0 Å². The largest absolute Gasteiger partial charge is 0.325 e. The summed E-state index contributed by atoms with van der Waals surface area (Å²) in [5.41, 5.74) is 0.186. The molecule has 0 bridgehead atoms. The van der Waals surface area contributed by atoms with Crippen LogP contribution in [0, 0.1) is 23.7 Å². The number of rotatable bonds is 5. The Balaban J connectivity index is 1.89. The molecule has 0 unspecified atom stereocenters. The van der Waals surface area contributed by atoms with Gasteiger partial charge in [-0.1, -0.05) is 11.3 Å². The summed E-state index contributed by atoms with van der Waals surface area (Å²) in [6.07, 6.45) is 1.16. The van der Waals surface area contributed by atoms with E-state index in [1.807, 2.05) is 0 Å². The molecule has 0 fully saturated rings. The van der Waals surface area contributed by atoms with Gasteiger partial charge in [-0.05, 0) is 36.8 Å². The highest BCUT2D eigenvalue weighted by Gasteiger charge is 2.23. The van der Waals surface area contributed by atoms with Crippen LogP contribution >= 0.6 is 11.3 Å². The van der Waals surface area contributed by atoms with Gasteiger partial charge in [0, 0.05) is 12.5 Å². The number of pyridine rings is 1. The molecule has 7 nitrogen and oxygen atoms in total. The monoisotopic (exact) mass is 442 g/mol. The lowest BCUT2D eigenvalue weighted by atomic mass is 10.1. The van der Waals surface area contributed by atoms with Crippen LogP contribution in [0.2, 0.25) is 0 Å². The smallest absolute Gasteiger partial charge is 0.281 e. The number of carbonyl (C=O) groups excluding carboxylic acids is 1. The Hall–Kier alpha value is -2.99. The van der Waals surface area contributed by atoms with Gasteiger partial charge < -0.3 is 5.32 Å². The van der Waals surface area contributed by atoms with Crippen molar-refractivity contribution in [3.05, 3.63) is 52.8 Å². The summed E-state index contributed by atoms with van der Waals surface area (Å²) >= 11 is 0.389. The first-order valence-corrected chi connectivity index (χ1v) is 10.3. The second-order valence-corrected chi connectivity index (χ2v) is 8.45. The predicted octanol–water partition coefficient (Wildman–Crippen LogP) is 3.69. The molecule has 2 N–H and O–H groups in total. The van der Waals surface area contributed by atoms with Gasteiger partial charge in [0.15, 0.2) is 21.8 Å². The SMILES string of the molecule is CC(=O)Nc1cnc(S(=O)(=O)Nc2nc(-c3ccc(F)c(F)c3)c(F)s2)c(C)c1. The quantitative estimate of drug-likeness (QED) is 0.628. The fourth-order valence-electron chi connectivity index (χ4n) is 2.45. The number of thiazole rings is 1. The Kier molecular flexibility index (Phi) is 5.57. The zero-order chi connectivity index (χ0) is 21.3. The second kappa shape index (κ2) is 7.79. The van der Waals surface area contributed by atoms with Crippen LogP contribution in [0.1, 0.15) is 12.5 Å². The molecule has 29 heavy (non-hydrogen) atoms. The lowest BCUT2D eigenvalue weighted by molar-refractivity contribution is -0.114. The van der Waals surface area contributed by atoms with Crippen molar-refractivity contribution in [2.45, 2.75) is 18.9 Å². The van der Waals surface area contributed by atoms with Crippen molar-refractivity contribution in [2.75, 3.05) is 10.0 Å². The number of hydrogen-bond donors (Lipinski definition) is 2. The molecule has 3 aromatic rings. The fraction of sp³-hybridized carbons (Fsp3) is 0.118. The average Bonchev–Trinajstić information content (AvgIpc) is 2.96. The molecule has 1 aromatic carbocycles. The minimum atomic E-state index is -4.22. The van der Waals surface area contributed by atoms with Crippen LogP contribution in [0.15, 0.2) is 35.5 Å². The summed E-state index contributed by atoms with van der Waals surface area (Å²) in [5, 5.41) is 0.955. The van der Waals surface area contributed by atoms with Gasteiger partial charge in [0.1, 0.15) is 5.69 Å². The van der Waals surface area contributed by atoms with E-state index in [4.69, 9.17) is 0 Å². The molecule has 0 aliphatic rings. The third kappa shape index (κ3) is 4.54. The highest BCUT2D eigenvalue weighted by Crippen LogP contribution is 2.31. The molecule has 12 heteroatoms. The number of sulfonamides is 1. The van der Waals surface area contributed by atoms with Gasteiger partial charge in [-0.3, -0.25) is 9.52 Å². The van der Waals surface area contributed by atoms with Crippen LogP contribution in [0.25, 0.3) is 11.3 Å². The molecule has 3 rings (SSSR count). The Labute approximate surface area is 167 Å². The van der Waals surface area contributed by atoms with Crippen LogP contribution in [0.3, 0.4) is 0 Å². The van der Waals surface area contributed by atoms with Crippen molar-refractivity contribution in [3.8, 4) is 11.3 Å². The topological polar surface area (TPSA) is 101 Å². The molecule has 152 valence electrons. The molecule has 0 saturated carbocycles. The first-order valence-electron chi connectivity index (χ1n) is 7.95. The lowest BCUT2D eigenvalue weighted by Gasteiger charge is -2.09. The standard InChI is InChI=1S/C17H13F3N4O3S2/c1-8-5-11(22-9(2)25)7-21-16(8)29(26,27)24-17-23-14(15(20)28-17)10-3-4-12(18)13(19)6-10/h3-7H,1-2H3,(H,22,25)(H,23,24). The number of carbonyl (C=O) groups is 1. The first-order chi connectivity index (χ1) is 13.6. The number of amides is 1. The number of aryl methyl sites for hydroxylation is 1. The number of anilines is 2. The van der Waals surface area contributed by atoms with E-state index in [0.29, 0.717) is 17.0 Å². The summed E-state index contributed by atoms with van der Waals surface area (Å²) in [5.74, 6) is -2.63. The van der Waals surface area contributed by atoms with E-state index in [9.17, 15) is 26.4 Å². The van der Waals surface area contributed by atoms with Crippen molar-refractivity contribution in [1.82, 2.24) is 9.97 Å². The van der Waals surface area contributed by atoms with Crippen LogP contribution in [-0.4, -0.2) is 24.3 Å². The molecule has 0 spiro atoms. The minimum Gasteiger partial charge on any atom is -0.325 e. The first kappa shape index (κ1) is 20.7. The maximum absolute atomic E-state index is 14.2. The summed E-state index contributed by atoms with van der Waals surface area (Å²) in [7, 11) is -4.22. The normalized spacial score (nSPS) is 11.3. The summed E-state index contributed by atoms with van der Waals surface area (Å²) in [6, 6.07) is 4.12. The molecule has 2 heterocycles. The third-order valence-corrected chi connectivity index (χ3v) is 5.89. The Morgan fingerprint density at radius 3 is 2.48 bits per heavy atom. The maximum atomic E-state index is 14.2. The Bertz CT molecular complexity index is 1210. The van der Waals surface area contributed by atoms with Crippen molar-refractivity contribution in [3.63, 3.8) is 0 Å². The van der Waals surface area contributed by atoms with E-state index in [0.717, 1.165) is 24.4 Å². The number of nitrogens with one attached hydrogen (secondary N) is 2. The summed E-state index contributed by atoms with van der Waals surface area (Å²) < 4.78 is 67.9. The zero-order valence-corrected chi connectivity index (χ0v) is 16.6. The average molecular weight is 442 g/mol. The van der Waals surface area contributed by atoms with Gasteiger partial charge >= 0.3 is 0 Å². The Morgan fingerprint density at radius 2 is 1.86 bits per heavy atom. The maximum Gasteiger partial charge on any atom is 0.281 e. The van der Waals surface area contributed by atoms with Gasteiger partial charge in [0.25, 0.3) is 10.0 Å². The number of nitrogens with zero attached hydrogens (tertiary/aromatic N) is 2. The molecular weight excluding hydrogens is 429 g/mol. The van der Waals surface area contributed by atoms with Crippen LogP contribution in [0.5, 0.6) is 0 Å². The van der Waals surface area contributed by atoms with E-state index >= 15 is 0 Å². The van der Waals surface area contributed by atoms with Gasteiger partial charge in [0.05, 0.1) is 11.9 Å². The van der Waals surface area contributed by atoms with E-state index in [2.05, 4.69) is 20.0 Å². The highest BCUT2D eigenvalue weighted by atomic mass is 32.2. The second-order valence-electron chi connectivity index (χ2n) is 5.90. The number of halogens is 3. The zero-order valence-electron chi connectivity index (χ0n) is 15.0. The van der Waals surface area contributed by atoms with Gasteiger partial charge in [-0.25, -0.2) is 18.7 Å². The van der Waals surface area contributed by atoms with Crippen molar-refractivity contribution in [1.29, 1.82) is 0 Å². The molecule has 0 aliphatic heterocycles. The van der Waals surface area contributed by atoms with Crippen molar-refractivity contribution >= 4 is 38.1 Å². The molecular formula is C17H13F3N4O3S2. The molecule has 0 radical (unpaired) electrons. The van der Waals surface area contributed by atoms with E-state index in [1.54, 1.807) is 0 Å². The van der Waals surface area contributed by atoms with E-state index in [-0.39, 0.29) is 32.9 Å². The molecule has 0 aliphatic carbocycles. The number of hydrogen-bond acceptors (Lipinski definition) is 6. The van der Waals surface area contributed by atoms with E-state index in [1.165, 1.54) is 19.9 Å². The third-order valence-electron chi connectivity index (χ3n) is 3.61. The molecule has 2 aromatic heterocycles. The molecule has 1 amide bonds. The fourth-order valence-corrected chi connectivity index (χ4v) is 4.55. The van der Waals surface area contributed by atoms with Crippen molar-refractivity contribution in [2.24, 2.45) is 0 Å².